The molecule has 3 heterocycles. The van der Waals surface area contributed by atoms with Crippen LogP contribution in [0.15, 0.2) is 21.3 Å². The van der Waals surface area contributed by atoms with E-state index in [0.717, 1.165) is 22.6 Å². The van der Waals surface area contributed by atoms with Crippen LogP contribution in [-0.2, 0) is 18.3 Å². The van der Waals surface area contributed by atoms with Crippen LogP contribution in [0.4, 0.5) is 0 Å². The third-order valence-corrected chi connectivity index (χ3v) is 4.48. The monoisotopic (exact) mass is 342 g/mol. The lowest BCUT2D eigenvalue weighted by atomic mass is 10.0. The van der Waals surface area contributed by atoms with E-state index >= 15 is 0 Å². The fourth-order valence-corrected chi connectivity index (χ4v) is 3.12. The number of rotatable bonds is 4. The summed E-state index contributed by atoms with van der Waals surface area (Å²) in [5.41, 5.74) is 2.73. The molecule has 2 N–H and O–H groups in total. The van der Waals surface area contributed by atoms with Crippen LogP contribution in [-0.4, -0.2) is 20.7 Å². The number of furan rings is 1. The number of aromatic amines is 1. The van der Waals surface area contributed by atoms with Gasteiger partial charge in [0.15, 0.2) is 5.65 Å². The maximum Gasteiger partial charge on any atom is 0.273 e. The van der Waals surface area contributed by atoms with Crippen LogP contribution >= 0.6 is 0 Å². The fraction of sp³-hybridized carbons (Fsp3) is 0.389. The number of amides is 1. The molecule has 132 valence electrons. The molecule has 3 rings (SSSR count). The van der Waals surface area contributed by atoms with Crippen molar-refractivity contribution in [3.05, 3.63) is 50.8 Å². The Hall–Kier alpha value is -2.83. The minimum atomic E-state index is -0.223. The van der Waals surface area contributed by atoms with Crippen LogP contribution in [0.1, 0.15) is 41.3 Å². The van der Waals surface area contributed by atoms with Gasteiger partial charge in [-0.2, -0.15) is 0 Å². The van der Waals surface area contributed by atoms with Crippen molar-refractivity contribution < 1.29 is 9.21 Å². The normalized spacial score (nSPS) is 12.5. The van der Waals surface area contributed by atoms with Gasteiger partial charge in [0, 0.05) is 12.7 Å². The van der Waals surface area contributed by atoms with Gasteiger partial charge in [-0.05, 0) is 51.0 Å². The van der Waals surface area contributed by atoms with Gasteiger partial charge in [0.05, 0.1) is 17.8 Å². The first-order chi connectivity index (χ1) is 11.8. The molecule has 1 atom stereocenters. The molecule has 0 unspecified atom stereocenters. The average molecular weight is 342 g/mol. The van der Waals surface area contributed by atoms with Gasteiger partial charge in [0.1, 0.15) is 11.5 Å². The van der Waals surface area contributed by atoms with Gasteiger partial charge in [0.25, 0.3) is 5.56 Å². The van der Waals surface area contributed by atoms with Crippen LogP contribution in [0, 0.1) is 20.8 Å². The SMILES string of the molecule is Cc1ccc([C@H](C)NC(=O)Cc2c(C)nc3c(c2C)c(=O)[nH]n3C)o1. The molecule has 0 saturated heterocycles. The summed E-state index contributed by atoms with van der Waals surface area (Å²) in [4.78, 5) is 29.1. The van der Waals surface area contributed by atoms with E-state index in [2.05, 4.69) is 15.4 Å². The highest BCUT2D eigenvalue weighted by molar-refractivity contribution is 5.84. The van der Waals surface area contributed by atoms with E-state index in [1.54, 1.807) is 11.7 Å². The van der Waals surface area contributed by atoms with Crippen molar-refractivity contribution in [1.29, 1.82) is 0 Å². The minimum Gasteiger partial charge on any atom is -0.464 e. The van der Waals surface area contributed by atoms with E-state index in [9.17, 15) is 9.59 Å². The maximum absolute atomic E-state index is 12.5. The lowest BCUT2D eigenvalue weighted by molar-refractivity contribution is -0.121. The highest BCUT2D eigenvalue weighted by Gasteiger charge is 2.19. The maximum atomic E-state index is 12.5. The Bertz CT molecular complexity index is 1010. The Morgan fingerprint density at radius 1 is 1.36 bits per heavy atom. The summed E-state index contributed by atoms with van der Waals surface area (Å²) in [7, 11) is 1.75. The van der Waals surface area contributed by atoms with E-state index in [-0.39, 0.29) is 23.9 Å². The first-order valence-electron chi connectivity index (χ1n) is 8.18. The first-order valence-corrected chi connectivity index (χ1v) is 8.18. The number of hydrogen-bond acceptors (Lipinski definition) is 4. The number of nitrogens with one attached hydrogen (secondary N) is 2. The number of carbonyl (C=O) groups is 1. The summed E-state index contributed by atoms with van der Waals surface area (Å²) in [6.07, 6.45) is 0.166. The number of fused-ring (bicyclic) bond motifs is 1. The molecular weight excluding hydrogens is 320 g/mol. The Balaban J connectivity index is 1.86. The lowest BCUT2D eigenvalue weighted by Crippen LogP contribution is -2.28. The van der Waals surface area contributed by atoms with E-state index in [4.69, 9.17) is 4.42 Å². The van der Waals surface area contributed by atoms with E-state index in [0.29, 0.717) is 16.8 Å². The molecule has 0 aliphatic carbocycles. The first kappa shape index (κ1) is 17.0. The van der Waals surface area contributed by atoms with Crippen LogP contribution in [0.3, 0.4) is 0 Å². The van der Waals surface area contributed by atoms with Gasteiger partial charge in [-0.25, -0.2) is 4.98 Å². The summed E-state index contributed by atoms with van der Waals surface area (Å²) in [6, 6.07) is 3.50. The second kappa shape index (κ2) is 6.23. The predicted molar refractivity (Wildman–Crippen MR) is 94.5 cm³/mol. The molecule has 0 aliphatic rings. The number of H-pyrrole nitrogens is 1. The van der Waals surface area contributed by atoms with Crippen molar-refractivity contribution in [2.45, 2.75) is 40.2 Å². The summed E-state index contributed by atoms with van der Waals surface area (Å²) in [5, 5.41) is 6.17. The predicted octanol–water partition coefficient (Wildman–Crippen LogP) is 2.20. The molecule has 0 saturated carbocycles. The molecule has 0 aromatic carbocycles. The molecule has 1 amide bonds. The van der Waals surface area contributed by atoms with Gasteiger partial charge < -0.3 is 9.73 Å². The zero-order valence-corrected chi connectivity index (χ0v) is 15.1. The van der Waals surface area contributed by atoms with Gasteiger partial charge >= 0.3 is 0 Å². The number of aryl methyl sites for hydroxylation is 4. The molecule has 0 fully saturated rings. The van der Waals surface area contributed by atoms with Crippen molar-refractivity contribution in [2.24, 2.45) is 7.05 Å². The molecule has 3 aromatic heterocycles. The van der Waals surface area contributed by atoms with E-state index in [1.165, 1.54) is 0 Å². The molecule has 7 heteroatoms. The standard InChI is InChI=1S/C18H22N4O3/c1-9-6-7-14(25-9)12(4)19-15(23)8-13-10(2)16-17(20-11(13)3)22(5)21-18(16)24/h6-7,12H,8H2,1-5H3,(H,19,23)(H,21,24)/t12-/m0/s1. The van der Waals surface area contributed by atoms with Crippen LogP contribution in [0.25, 0.3) is 11.0 Å². The topological polar surface area (TPSA) is 92.9 Å². The molecule has 0 spiro atoms. The van der Waals surface area contributed by atoms with Gasteiger partial charge in [-0.15, -0.1) is 0 Å². The van der Waals surface area contributed by atoms with Crippen molar-refractivity contribution >= 4 is 16.9 Å². The second-order valence-electron chi connectivity index (χ2n) is 6.41. The third kappa shape index (κ3) is 3.09. The van der Waals surface area contributed by atoms with Gasteiger partial charge in [0.2, 0.25) is 5.91 Å². The zero-order chi connectivity index (χ0) is 18.3. The van der Waals surface area contributed by atoms with Crippen molar-refractivity contribution in [2.75, 3.05) is 0 Å². The molecule has 3 aromatic rings. The molecule has 7 nitrogen and oxygen atoms in total. The summed E-state index contributed by atoms with van der Waals surface area (Å²) in [6.45, 7) is 7.45. The molecule has 0 radical (unpaired) electrons. The smallest absolute Gasteiger partial charge is 0.273 e. The largest absolute Gasteiger partial charge is 0.464 e. The van der Waals surface area contributed by atoms with Crippen molar-refractivity contribution in [3.63, 3.8) is 0 Å². The van der Waals surface area contributed by atoms with Crippen molar-refractivity contribution in [3.8, 4) is 0 Å². The molecule has 0 aliphatic heterocycles. The number of pyridine rings is 1. The third-order valence-electron chi connectivity index (χ3n) is 4.48. The molecule has 25 heavy (non-hydrogen) atoms. The van der Waals surface area contributed by atoms with Crippen LogP contribution < -0.4 is 10.9 Å². The van der Waals surface area contributed by atoms with Crippen LogP contribution in [0.5, 0.6) is 0 Å². The van der Waals surface area contributed by atoms with Crippen LogP contribution in [0.2, 0.25) is 0 Å². The Labute approximate surface area is 145 Å². The Kier molecular flexibility index (Phi) is 4.24. The summed E-state index contributed by atoms with van der Waals surface area (Å²) < 4.78 is 7.14. The number of aromatic nitrogens is 3. The average Bonchev–Trinajstić information content (AvgIpc) is 3.07. The van der Waals surface area contributed by atoms with E-state index in [1.807, 2.05) is 39.8 Å². The summed E-state index contributed by atoms with van der Waals surface area (Å²) in [5.74, 6) is 1.38. The molecule has 0 bridgehead atoms. The molecular formula is C18H22N4O3. The second-order valence-corrected chi connectivity index (χ2v) is 6.41. The van der Waals surface area contributed by atoms with Gasteiger partial charge in [-0.1, -0.05) is 0 Å². The van der Waals surface area contributed by atoms with Crippen molar-refractivity contribution in [1.82, 2.24) is 20.1 Å². The number of nitrogens with zero attached hydrogens (tertiary/aromatic N) is 2. The quantitative estimate of drug-likeness (QED) is 0.760. The Morgan fingerprint density at radius 3 is 2.72 bits per heavy atom. The van der Waals surface area contributed by atoms with E-state index < -0.39 is 0 Å². The minimum absolute atomic E-state index is 0.138. The lowest BCUT2D eigenvalue weighted by Gasteiger charge is -2.14. The van der Waals surface area contributed by atoms with Gasteiger partial charge in [-0.3, -0.25) is 19.4 Å². The fourth-order valence-electron chi connectivity index (χ4n) is 3.12. The zero-order valence-electron chi connectivity index (χ0n) is 15.1. The highest BCUT2D eigenvalue weighted by atomic mass is 16.3. The number of hydrogen-bond donors (Lipinski definition) is 2. The Morgan fingerprint density at radius 2 is 2.08 bits per heavy atom. The number of carbonyl (C=O) groups excluding carboxylic acids is 1. The summed E-state index contributed by atoms with van der Waals surface area (Å²) >= 11 is 0. The highest BCUT2D eigenvalue weighted by Crippen LogP contribution is 2.21.